The number of anilines is 1. The zero-order valence-corrected chi connectivity index (χ0v) is 12.7. The minimum absolute atomic E-state index is 0.667. The molecule has 0 aliphatic carbocycles. The van der Waals surface area contributed by atoms with Gasteiger partial charge in [0.15, 0.2) is 0 Å². The first-order valence-corrected chi connectivity index (χ1v) is 7.54. The molecule has 1 saturated heterocycles. The van der Waals surface area contributed by atoms with Gasteiger partial charge in [0.1, 0.15) is 0 Å². The molecular formula is C16H23N3O2. The molecule has 0 atom stereocenters. The number of morpholine rings is 1. The molecule has 1 aliphatic heterocycles. The lowest BCUT2D eigenvalue weighted by Gasteiger charge is -2.29. The molecule has 21 heavy (non-hydrogen) atoms. The van der Waals surface area contributed by atoms with Crippen LogP contribution in [0.2, 0.25) is 0 Å². The fourth-order valence-electron chi connectivity index (χ4n) is 2.63. The quantitative estimate of drug-likeness (QED) is 0.936. The van der Waals surface area contributed by atoms with E-state index in [1.807, 2.05) is 24.7 Å². The minimum atomic E-state index is -0.667. The summed E-state index contributed by atoms with van der Waals surface area (Å²) in [6.07, 6.45) is 2.58. The number of aromatic nitrogens is 2. The van der Waals surface area contributed by atoms with E-state index in [9.17, 15) is 5.11 Å². The molecule has 114 valence electrons. The molecule has 0 radical (unpaired) electrons. The van der Waals surface area contributed by atoms with E-state index in [2.05, 4.69) is 28.2 Å². The lowest BCUT2D eigenvalue weighted by molar-refractivity contribution is 0.0655. The molecule has 0 bridgehead atoms. The van der Waals surface area contributed by atoms with Gasteiger partial charge in [-0.15, -0.1) is 0 Å². The molecule has 2 heterocycles. The van der Waals surface area contributed by atoms with Gasteiger partial charge in [-0.2, -0.15) is 5.10 Å². The Kier molecular flexibility index (Phi) is 3.87. The van der Waals surface area contributed by atoms with Crippen molar-refractivity contribution in [1.82, 2.24) is 9.78 Å². The normalized spacial score (nSPS) is 16.6. The molecule has 1 N–H and O–H groups in total. The van der Waals surface area contributed by atoms with Crippen molar-refractivity contribution in [2.24, 2.45) is 0 Å². The maximum atomic E-state index is 9.88. The molecule has 0 unspecified atom stereocenters. The van der Waals surface area contributed by atoms with Gasteiger partial charge in [-0.25, -0.2) is 0 Å². The summed E-state index contributed by atoms with van der Waals surface area (Å²) in [5.74, 6) is 0. The highest BCUT2D eigenvalue weighted by molar-refractivity contribution is 5.82. The Balaban J connectivity index is 1.85. The molecule has 0 spiro atoms. The SMILES string of the molecule is CC(C)(O)CCn1ncc2ccc(N3CCOCC3)cc21. The molecule has 1 aliphatic rings. The molecule has 5 heteroatoms. The second-order valence-electron chi connectivity index (χ2n) is 6.27. The number of hydrogen-bond donors (Lipinski definition) is 1. The van der Waals surface area contributed by atoms with Crippen LogP contribution >= 0.6 is 0 Å². The van der Waals surface area contributed by atoms with Gasteiger partial charge >= 0.3 is 0 Å². The van der Waals surface area contributed by atoms with E-state index in [0.717, 1.165) is 43.8 Å². The van der Waals surface area contributed by atoms with Crippen LogP contribution in [0.5, 0.6) is 0 Å². The first-order chi connectivity index (χ1) is 10.0. The lowest BCUT2D eigenvalue weighted by atomic mass is 10.1. The average Bonchev–Trinajstić information content (AvgIpc) is 2.87. The molecule has 2 aromatic rings. The van der Waals surface area contributed by atoms with Crippen molar-refractivity contribution >= 4 is 16.6 Å². The molecule has 3 rings (SSSR count). The van der Waals surface area contributed by atoms with Gasteiger partial charge in [-0.3, -0.25) is 4.68 Å². The predicted octanol–water partition coefficient (Wildman–Crippen LogP) is 2.03. The van der Waals surface area contributed by atoms with Gasteiger partial charge < -0.3 is 14.7 Å². The first-order valence-electron chi connectivity index (χ1n) is 7.54. The first kappa shape index (κ1) is 14.4. The third-order valence-electron chi connectivity index (χ3n) is 3.94. The van der Waals surface area contributed by atoms with E-state index in [1.54, 1.807) is 0 Å². The van der Waals surface area contributed by atoms with Crippen LogP contribution in [-0.4, -0.2) is 46.8 Å². The van der Waals surface area contributed by atoms with E-state index < -0.39 is 5.60 Å². The predicted molar refractivity (Wildman–Crippen MR) is 83.7 cm³/mol. The molecule has 1 fully saturated rings. The Labute approximate surface area is 125 Å². The second-order valence-corrected chi connectivity index (χ2v) is 6.27. The van der Waals surface area contributed by atoms with Crippen LogP contribution in [0, 0.1) is 0 Å². The van der Waals surface area contributed by atoms with Gasteiger partial charge in [0.2, 0.25) is 0 Å². The monoisotopic (exact) mass is 289 g/mol. The van der Waals surface area contributed by atoms with Crippen LogP contribution in [0.25, 0.3) is 10.9 Å². The lowest BCUT2D eigenvalue weighted by Crippen LogP contribution is -2.36. The van der Waals surface area contributed by atoms with Crippen molar-refractivity contribution in [3.05, 3.63) is 24.4 Å². The van der Waals surface area contributed by atoms with Gasteiger partial charge in [-0.05, 0) is 38.5 Å². The Morgan fingerprint density at radius 2 is 2.05 bits per heavy atom. The fraction of sp³-hybridized carbons (Fsp3) is 0.562. The van der Waals surface area contributed by atoms with Crippen LogP contribution in [0.1, 0.15) is 20.3 Å². The number of ether oxygens (including phenoxy) is 1. The third-order valence-corrected chi connectivity index (χ3v) is 3.94. The number of aliphatic hydroxyl groups is 1. The van der Waals surface area contributed by atoms with E-state index in [4.69, 9.17) is 4.74 Å². The number of hydrogen-bond acceptors (Lipinski definition) is 4. The topological polar surface area (TPSA) is 50.5 Å². The van der Waals surface area contributed by atoms with Gasteiger partial charge in [0.05, 0.1) is 30.5 Å². The minimum Gasteiger partial charge on any atom is -0.390 e. The Morgan fingerprint density at radius 3 is 2.76 bits per heavy atom. The second kappa shape index (κ2) is 5.66. The van der Waals surface area contributed by atoms with Gasteiger partial charge in [0, 0.05) is 30.7 Å². The summed E-state index contributed by atoms with van der Waals surface area (Å²) in [4.78, 5) is 2.34. The van der Waals surface area contributed by atoms with E-state index in [1.165, 1.54) is 5.69 Å². The maximum Gasteiger partial charge on any atom is 0.0703 e. The number of rotatable bonds is 4. The average molecular weight is 289 g/mol. The van der Waals surface area contributed by atoms with Crippen LogP contribution < -0.4 is 4.90 Å². The highest BCUT2D eigenvalue weighted by Crippen LogP contribution is 2.23. The van der Waals surface area contributed by atoms with Crippen molar-refractivity contribution in [1.29, 1.82) is 0 Å². The highest BCUT2D eigenvalue weighted by Gasteiger charge is 2.15. The summed E-state index contributed by atoms with van der Waals surface area (Å²) < 4.78 is 7.39. The summed E-state index contributed by atoms with van der Waals surface area (Å²) in [5.41, 5.74) is 1.68. The van der Waals surface area contributed by atoms with Crippen molar-refractivity contribution in [3.8, 4) is 0 Å². The Morgan fingerprint density at radius 1 is 1.29 bits per heavy atom. The molecule has 0 saturated carbocycles. The largest absolute Gasteiger partial charge is 0.390 e. The smallest absolute Gasteiger partial charge is 0.0703 e. The Bertz CT molecular complexity index is 609. The molecular weight excluding hydrogens is 266 g/mol. The van der Waals surface area contributed by atoms with Crippen LogP contribution in [0.3, 0.4) is 0 Å². The van der Waals surface area contributed by atoms with Crippen molar-refractivity contribution in [3.63, 3.8) is 0 Å². The third kappa shape index (κ3) is 3.36. The number of benzene rings is 1. The molecule has 1 aromatic heterocycles. The maximum absolute atomic E-state index is 9.88. The number of fused-ring (bicyclic) bond motifs is 1. The van der Waals surface area contributed by atoms with Crippen molar-refractivity contribution in [2.75, 3.05) is 31.2 Å². The van der Waals surface area contributed by atoms with Crippen LogP contribution in [-0.2, 0) is 11.3 Å². The summed E-state index contributed by atoms with van der Waals surface area (Å²) in [7, 11) is 0. The highest BCUT2D eigenvalue weighted by atomic mass is 16.5. The fourth-order valence-corrected chi connectivity index (χ4v) is 2.63. The zero-order chi connectivity index (χ0) is 14.9. The number of nitrogens with zero attached hydrogens (tertiary/aromatic N) is 3. The summed E-state index contributed by atoms with van der Waals surface area (Å²) >= 11 is 0. The van der Waals surface area contributed by atoms with Gasteiger partial charge in [-0.1, -0.05) is 0 Å². The molecule has 5 nitrogen and oxygen atoms in total. The van der Waals surface area contributed by atoms with Crippen molar-refractivity contribution in [2.45, 2.75) is 32.4 Å². The summed E-state index contributed by atoms with van der Waals surface area (Å²) in [6, 6.07) is 6.46. The Hall–Kier alpha value is -1.59. The van der Waals surface area contributed by atoms with Gasteiger partial charge in [0.25, 0.3) is 0 Å². The van der Waals surface area contributed by atoms with Crippen LogP contribution in [0.4, 0.5) is 5.69 Å². The zero-order valence-electron chi connectivity index (χ0n) is 12.7. The summed E-state index contributed by atoms with van der Waals surface area (Å²) in [6.45, 7) is 7.83. The van der Waals surface area contributed by atoms with E-state index in [-0.39, 0.29) is 0 Å². The number of aryl methyl sites for hydroxylation is 1. The molecule has 1 aromatic carbocycles. The van der Waals surface area contributed by atoms with Crippen molar-refractivity contribution < 1.29 is 9.84 Å². The molecule has 0 amide bonds. The summed E-state index contributed by atoms with van der Waals surface area (Å²) in [5, 5.41) is 15.5. The standard InChI is InChI=1S/C16H23N3O2/c1-16(2,20)5-6-19-15-11-14(4-3-13(15)12-17-19)18-7-9-21-10-8-18/h3-4,11-12,20H,5-10H2,1-2H3. The van der Waals surface area contributed by atoms with E-state index in [0.29, 0.717) is 6.42 Å². The van der Waals surface area contributed by atoms with Crippen LogP contribution in [0.15, 0.2) is 24.4 Å². The van der Waals surface area contributed by atoms with E-state index >= 15 is 0 Å².